The molecule has 0 spiro atoms. The third-order valence-corrected chi connectivity index (χ3v) is 3.36. The van der Waals surface area contributed by atoms with Crippen LogP contribution in [-0.4, -0.2) is 21.8 Å². The summed E-state index contributed by atoms with van der Waals surface area (Å²) in [5.74, 6) is 0.754. The summed E-state index contributed by atoms with van der Waals surface area (Å²) < 4.78 is 7.23. The average molecular weight is 328 g/mol. The van der Waals surface area contributed by atoms with E-state index in [1.165, 1.54) is 0 Å². The molecule has 1 N–H and O–H groups in total. The number of carbonyl (C=O) groups excluding carboxylic acids is 1. The zero-order chi connectivity index (χ0) is 15.4. The van der Waals surface area contributed by atoms with E-state index in [1.807, 2.05) is 6.92 Å². The van der Waals surface area contributed by atoms with Crippen LogP contribution in [0, 0.1) is 0 Å². The molecule has 7 heteroatoms. The van der Waals surface area contributed by atoms with Crippen molar-refractivity contribution in [2.75, 3.05) is 5.32 Å². The second kappa shape index (κ2) is 6.83. The monoisotopic (exact) mass is 327 g/mol. The van der Waals surface area contributed by atoms with Crippen LogP contribution < -0.4 is 10.1 Å². The first-order valence-corrected chi connectivity index (χ1v) is 7.21. The second-order valence-corrected chi connectivity index (χ2v) is 5.20. The molecule has 0 saturated carbocycles. The number of halogens is 2. The summed E-state index contributed by atoms with van der Waals surface area (Å²) in [5, 5.41) is 7.71. The average Bonchev–Trinajstić information content (AvgIpc) is 2.89. The first kappa shape index (κ1) is 15.7. The van der Waals surface area contributed by atoms with Gasteiger partial charge in [-0.1, -0.05) is 23.2 Å². The van der Waals surface area contributed by atoms with Gasteiger partial charge in [0.15, 0.2) is 6.10 Å². The topological polar surface area (TPSA) is 56.2 Å². The molecule has 0 aliphatic rings. The smallest absolute Gasteiger partial charge is 0.266 e. The van der Waals surface area contributed by atoms with Crippen molar-refractivity contribution in [3.8, 4) is 5.75 Å². The number of nitrogens with zero attached hydrogens (tertiary/aromatic N) is 2. The maximum atomic E-state index is 12.1. The van der Waals surface area contributed by atoms with Gasteiger partial charge < -0.3 is 10.1 Å². The van der Waals surface area contributed by atoms with Gasteiger partial charge in [0.25, 0.3) is 5.91 Å². The summed E-state index contributed by atoms with van der Waals surface area (Å²) in [6, 6.07) is 6.57. The summed E-state index contributed by atoms with van der Waals surface area (Å²) in [7, 11) is 0. The number of carbonyl (C=O) groups is 1. The highest BCUT2D eigenvalue weighted by Gasteiger charge is 2.17. The Labute approximate surface area is 132 Å². The fraction of sp³-hybridized carbons (Fsp3) is 0.286. The Kier molecular flexibility index (Phi) is 5.09. The number of hydrogen-bond donors (Lipinski definition) is 1. The summed E-state index contributed by atoms with van der Waals surface area (Å²) >= 11 is 11.8. The highest BCUT2D eigenvalue weighted by molar-refractivity contribution is 6.35. The number of aromatic nitrogens is 2. The third-order valence-electron chi connectivity index (χ3n) is 2.83. The minimum atomic E-state index is -0.705. The molecule has 1 unspecified atom stereocenters. The number of ether oxygens (including phenoxy) is 1. The molecule has 0 radical (unpaired) electrons. The lowest BCUT2D eigenvalue weighted by atomic mass is 10.3. The van der Waals surface area contributed by atoms with Gasteiger partial charge in [-0.15, -0.1) is 0 Å². The van der Waals surface area contributed by atoms with Crippen molar-refractivity contribution >= 4 is 34.9 Å². The summed E-state index contributed by atoms with van der Waals surface area (Å²) in [6.07, 6.45) is 0.921. The first-order chi connectivity index (χ1) is 10.0. The largest absolute Gasteiger partial charge is 0.479 e. The van der Waals surface area contributed by atoms with Gasteiger partial charge >= 0.3 is 0 Å². The highest BCUT2D eigenvalue weighted by Crippen LogP contribution is 2.28. The quantitative estimate of drug-likeness (QED) is 0.912. The second-order valence-electron chi connectivity index (χ2n) is 4.36. The zero-order valence-electron chi connectivity index (χ0n) is 11.6. The molecule has 5 nitrogen and oxygen atoms in total. The molecule has 1 aromatic carbocycles. The van der Waals surface area contributed by atoms with Crippen LogP contribution in [0.1, 0.15) is 13.8 Å². The molecule has 0 bridgehead atoms. The molecule has 0 aliphatic carbocycles. The van der Waals surface area contributed by atoms with Crippen LogP contribution in [0.15, 0.2) is 30.5 Å². The molecular formula is C14H15Cl2N3O2. The van der Waals surface area contributed by atoms with Gasteiger partial charge in [0, 0.05) is 17.6 Å². The summed E-state index contributed by atoms with van der Waals surface area (Å²) in [4.78, 5) is 12.1. The number of benzene rings is 1. The first-order valence-electron chi connectivity index (χ1n) is 6.45. The van der Waals surface area contributed by atoms with E-state index in [9.17, 15) is 4.79 Å². The molecule has 0 saturated heterocycles. The van der Waals surface area contributed by atoms with Crippen molar-refractivity contribution in [1.29, 1.82) is 0 Å². The van der Waals surface area contributed by atoms with Crippen molar-refractivity contribution in [3.63, 3.8) is 0 Å². The highest BCUT2D eigenvalue weighted by atomic mass is 35.5. The predicted octanol–water partition coefficient (Wildman–Crippen LogP) is 3.62. The minimum Gasteiger partial charge on any atom is -0.479 e. The SMILES string of the molecule is CCn1nccc1NC(=O)C(C)Oc1ccc(Cl)cc1Cl. The lowest BCUT2D eigenvalue weighted by Crippen LogP contribution is -2.31. The molecule has 2 aromatic rings. The molecule has 2 rings (SSSR count). The summed E-state index contributed by atoms with van der Waals surface area (Å²) in [6.45, 7) is 4.25. The maximum Gasteiger partial charge on any atom is 0.266 e. The number of amides is 1. The van der Waals surface area contributed by atoms with E-state index in [0.29, 0.717) is 28.2 Å². The van der Waals surface area contributed by atoms with Gasteiger partial charge in [-0.05, 0) is 32.0 Å². The van der Waals surface area contributed by atoms with Crippen LogP contribution in [0.25, 0.3) is 0 Å². The van der Waals surface area contributed by atoms with E-state index in [4.69, 9.17) is 27.9 Å². The molecule has 1 aromatic heterocycles. The van der Waals surface area contributed by atoms with Crippen LogP contribution in [0.3, 0.4) is 0 Å². The number of hydrogen-bond acceptors (Lipinski definition) is 3. The van der Waals surface area contributed by atoms with Crippen molar-refractivity contribution in [3.05, 3.63) is 40.5 Å². The lowest BCUT2D eigenvalue weighted by Gasteiger charge is -2.16. The van der Waals surface area contributed by atoms with E-state index < -0.39 is 6.10 Å². The van der Waals surface area contributed by atoms with Crippen molar-refractivity contribution in [2.24, 2.45) is 0 Å². The summed E-state index contributed by atoms with van der Waals surface area (Å²) in [5.41, 5.74) is 0. The third kappa shape index (κ3) is 3.89. The molecular weight excluding hydrogens is 313 g/mol. The minimum absolute atomic E-state index is 0.281. The molecule has 0 fully saturated rings. The number of anilines is 1. The van der Waals surface area contributed by atoms with E-state index in [1.54, 1.807) is 42.1 Å². The van der Waals surface area contributed by atoms with E-state index in [2.05, 4.69) is 10.4 Å². The number of aryl methyl sites for hydroxylation is 1. The number of rotatable bonds is 5. The van der Waals surface area contributed by atoms with E-state index >= 15 is 0 Å². The van der Waals surface area contributed by atoms with Gasteiger partial charge in [-0.25, -0.2) is 4.68 Å². The Bertz CT molecular complexity index is 643. The fourth-order valence-corrected chi connectivity index (χ4v) is 2.19. The van der Waals surface area contributed by atoms with Crippen LogP contribution in [0.2, 0.25) is 10.0 Å². The normalized spacial score (nSPS) is 12.0. The zero-order valence-corrected chi connectivity index (χ0v) is 13.1. The Balaban J connectivity index is 2.02. The molecule has 1 amide bonds. The predicted molar refractivity (Wildman–Crippen MR) is 83.1 cm³/mol. The van der Waals surface area contributed by atoms with Gasteiger partial charge in [-0.3, -0.25) is 4.79 Å². The van der Waals surface area contributed by atoms with Gasteiger partial charge in [0.2, 0.25) is 0 Å². The maximum absolute atomic E-state index is 12.1. The Morgan fingerprint density at radius 3 is 2.86 bits per heavy atom. The van der Waals surface area contributed by atoms with Crippen LogP contribution in [-0.2, 0) is 11.3 Å². The van der Waals surface area contributed by atoms with Gasteiger partial charge in [0.1, 0.15) is 11.6 Å². The molecule has 1 heterocycles. The van der Waals surface area contributed by atoms with Crippen LogP contribution >= 0.6 is 23.2 Å². The van der Waals surface area contributed by atoms with E-state index in [-0.39, 0.29) is 5.91 Å². The molecule has 0 aliphatic heterocycles. The van der Waals surface area contributed by atoms with Crippen molar-refractivity contribution in [1.82, 2.24) is 9.78 Å². The molecule has 1 atom stereocenters. The van der Waals surface area contributed by atoms with E-state index in [0.717, 1.165) is 0 Å². The Hall–Kier alpha value is -1.72. The van der Waals surface area contributed by atoms with Crippen molar-refractivity contribution in [2.45, 2.75) is 26.5 Å². The van der Waals surface area contributed by atoms with Gasteiger partial charge in [0.05, 0.1) is 11.2 Å². The van der Waals surface area contributed by atoms with Crippen molar-refractivity contribution < 1.29 is 9.53 Å². The Morgan fingerprint density at radius 2 is 2.19 bits per heavy atom. The Morgan fingerprint density at radius 1 is 1.43 bits per heavy atom. The van der Waals surface area contributed by atoms with Crippen LogP contribution in [0.5, 0.6) is 5.75 Å². The molecule has 21 heavy (non-hydrogen) atoms. The van der Waals surface area contributed by atoms with Crippen LogP contribution in [0.4, 0.5) is 5.82 Å². The standard InChI is InChI=1S/C14H15Cl2N3O2/c1-3-19-13(6-7-17-19)18-14(20)9(2)21-12-5-4-10(15)8-11(12)16/h4-9H,3H2,1-2H3,(H,18,20). The number of nitrogens with one attached hydrogen (secondary N) is 1. The molecule has 112 valence electrons. The van der Waals surface area contributed by atoms with Gasteiger partial charge in [-0.2, -0.15) is 5.10 Å². The lowest BCUT2D eigenvalue weighted by molar-refractivity contribution is -0.122. The fourth-order valence-electron chi connectivity index (χ4n) is 1.73.